The van der Waals surface area contributed by atoms with Crippen molar-refractivity contribution in [1.29, 1.82) is 0 Å². The molecule has 5 nitrogen and oxygen atoms in total. The Morgan fingerprint density at radius 3 is 2.57 bits per heavy atom. The summed E-state index contributed by atoms with van der Waals surface area (Å²) < 4.78 is 1.55. The van der Waals surface area contributed by atoms with Gasteiger partial charge in [-0.1, -0.05) is 11.6 Å². The number of hydrogen-bond acceptors (Lipinski definition) is 4. The van der Waals surface area contributed by atoms with Gasteiger partial charge in [-0.25, -0.2) is 14.6 Å². The zero-order chi connectivity index (χ0) is 9.97. The molecule has 6 heteroatoms. The van der Waals surface area contributed by atoms with E-state index in [1.165, 1.54) is 12.4 Å². The lowest BCUT2D eigenvalue weighted by Crippen LogP contribution is -2.00. The minimum Gasteiger partial charge on any atom is -0.326 e. The summed E-state index contributed by atoms with van der Waals surface area (Å²) in [4.78, 5) is 8.03. The van der Waals surface area contributed by atoms with Gasteiger partial charge in [0.2, 0.25) is 0 Å². The fourth-order valence-corrected chi connectivity index (χ4v) is 1.10. The minimum absolute atomic E-state index is 0.452. The number of rotatable bonds is 2. The largest absolute Gasteiger partial charge is 0.326 e. The molecule has 0 aliphatic rings. The summed E-state index contributed by atoms with van der Waals surface area (Å²) in [6, 6.07) is 0. The molecule has 0 aromatic carbocycles. The van der Waals surface area contributed by atoms with E-state index in [-0.39, 0.29) is 0 Å². The molecule has 0 amide bonds. The van der Waals surface area contributed by atoms with E-state index in [2.05, 4.69) is 15.1 Å². The van der Waals surface area contributed by atoms with Crippen LogP contribution >= 0.6 is 11.6 Å². The summed E-state index contributed by atoms with van der Waals surface area (Å²) in [7, 11) is 0. The van der Waals surface area contributed by atoms with Crippen molar-refractivity contribution in [3.05, 3.63) is 35.4 Å². The maximum absolute atomic E-state index is 5.66. The summed E-state index contributed by atoms with van der Waals surface area (Å²) in [5, 5.41) is 4.56. The Labute approximate surface area is 85.5 Å². The maximum atomic E-state index is 5.66. The lowest BCUT2D eigenvalue weighted by atomic mass is 10.4. The quantitative estimate of drug-likeness (QED) is 0.794. The Hall–Kier alpha value is -1.46. The van der Waals surface area contributed by atoms with Gasteiger partial charge in [0, 0.05) is 18.3 Å². The molecule has 0 spiro atoms. The monoisotopic (exact) mass is 209 g/mol. The first kappa shape index (κ1) is 9.11. The molecule has 72 valence electrons. The maximum Gasteiger partial charge on any atom is 0.250 e. The van der Waals surface area contributed by atoms with Crippen molar-refractivity contribution in [3.63, 3.8) is 0 Å². The number of nitrogens with two attached hydrogens (primary N) is 1. The molecule has 14 heavy (non-hydrogen) atoms. The van der Waals surface area contributed by atoms with Gasteiger partial charge in [-0.05, 0) is 0 Å². The van der Waals surface area contributed by atoms with Crippen LogP contribution in [0, 0.1) is 0 Å². The van der Waals surface area contributed by atoms with Gasteiger partial charge >= 0.3 is 0 Å². The van der Waals surface area contributed by atoms with Gasteiger partial charge in [-0.15, -0.1) is 0 Å². The average molecular weight is 210 g/mol. The average Bonchev–Trinajstić information content (AvgIpc) is 2.67. The van der Waals surface area contributed by atoms with E-state index in [1.54, 1.807) is 17.1 Å². The second kappa shape index (κ2) is 3.73. The van der Waals surface area contributed by atoms with Crippen molar-refractivity contribution < 1.29 is 0 Å². The van der Waals surface area contributed by atoms with Crippen LogP contribution in [0.4, 0.5) is 0 Å². The molecule has 0 unspecified atom stereocenters. The zero-order valence-electron chi connectivity index (χ0n) is 7.26. The van der Waals surface area contributed by atoms with Crippen LogP contribution in [0.15, 0.2) is 24.8 Å². The van der Waals surface area contributed by atoms with Crippen molar-refractivity contribution in [2.75, 3.05) is 0 Å². The van der Waals surface area contributed by atoms with E-state index in [1.807, 2.05) is 0 Å². The third kappa shape index (κ3) is 1.73. The van der Waals surface area contributed by atoms with Crippen LogP contribution in [-0.4, -0.2) is 19.7 Å². The van der Waals surface area contributed by atoms with E-state index >= 15 is 0 Å². The van der Waals surface area contributed by atoms with Crippen molar-refractivity contribution in [1.82, 2.24) is 19.7 Å². The second-order valence-corrected chi connectivity index (χ2v) is 3.13. The fraction of sp³-hybridized carbons (Fsp3) is 0.125. The Bertz CT molecular complexity index is 422. The molecule has 2 N–H and O–H groups in total. The first-order chi connectivity index (χ1) is 6.79. The number of halogens is 1. The second-order valence-electron chi connectivity index (χ2n) is 2.70. The molecule has 2 aromatic rings. The highest BCUT2D eigenvalue weighted by Crippen LogP contribution is 2.06. The van der Waals surface area contributed by atoms with Gasteiger partial charge in [-0.2, -0.15) is 5.10 Å². The van der Waals surface area contributed by atoms with E-state index in [0.29, 0.717) is 17.5 Å². The Balaban J connectivity index is 2.34. The first-order valence-corrected chi connectivity index (χ1v) is 4.39. The fourth-order valence-electron chi connectivity index (χ4n) is 0.999. The van der Waals surface area contributed by atoms with Crippen molar-refractivity contribution in [2.24, 2.45) is 5.73 Å². The number of hydrogen-bond donors (Lipinski definition) is 1. The Morgan fingerprint density at radius 1 is 1.29 bits per heavy atom. The van der Waals surface area contributed by atoms with Gasteiger partial charge in [0.1, 0.15) is 0 Å². The molecule has 0 saturated heterocycles. The highest BCUT2D eigenvalue weighted by molar-refractivity contribution is 6.30. The summed E-state index contributed by atoms with van der Waals surface area (Å²) in [5.41, 5.74) is 6.38. The molecule has 0 bridgehead atoms. The third-order valence-electron chi connectivity index (χ3n) is 1.68. The molecule has 2 rings (SSSR count). The van der Waals surface area contributed by atoms with E-state index in [9.17, 15) is 0 Å². The number of nitrogens with zero attached hydrogens (tertiary/aromatic N) is 4. The normalized spacial score (nSPS) is 10.4. The van der Waals surface area contributed by atoms with Gasteiger partial charge in [0.25, 0.3) is 5.95 Å². The number of aromatic nitrogens is 4. The SMILES string of the molecule is NCc1cnn(-c2ncc(Cl)cn2)c1. The highest BCUT2D eigenvalue weighted by Gasteiger charge is 2.01. The Morgan fingerprint density at radius 2 is 2.00 bits per heavy atom. The summed E-state index contributed by atoms with van der Waals surface area (Å²) in [5.74, 6) is 0.481. The first-order valence-electron chi connectivity index (χ1n) is 4.01. The molecule has 0 aliphatic carbocycles. The van der Waals surface area contributed by atoms with Crippen molar-refractivity contribution >= 4 is 11.6 Å². The Kier molecular flexibility index (Phi) is 2.43. The van der Waals surface area contributed by atoms with Crippen LogP contribution in [0.2, 0.25) is 5.02 Å². The van der Waals surface area contributed by atoms with Gasteiger partial charge in [0.15, 0.2) is 0 Å². The topological polar surface area (TPSA) is 69.6 Å². The van der Waals surface area contributed by atoms with E-state index in [0.717, 1.165) is 5.56 Å². The van der Waals surface area contributed by atoms with Crippen LogP contribution in [0.3, 0.4) is 0 Å². The van der Waals surface area contributed by atoms with Crippen molar-refractivity contribution in [2.45, 2.75) is 6.54 Å². The summed E-state index contributed by atoms with van der Waals surface area (Å²) >= 11 is 5.66. The molecule has 0 atom stereocenters. The molecular formula is C8H8ClN5. The predicted molar refractivity (Wildman–Crippen MR) is 52.1 cm³/mol. The zero-order valence-corrected chi connectivity index (χ0v) is 8.02. The molecule has 0 aliphatic heterocycles. The lowest BCUT2D eigenvalue weighted by Gasteiger charge is -1.97. The van der Waals surface area contributed by atoms with E-state index < -0.39 is 0 Å². The minimum atomic E-state index is 0.452. The molecule has 0 radical (unpaired) electrons. The van der Waals surface area contributed by atoms with Crippen LogP contribution in [0.5, 0.6) is 0 Å². The van der Waals surface area contributed by atoms with Crippen LogP contribution in [0.1, 0.15) is 5.56 Å². The lowest BCUT2D eigenvalue weighted by molar-refractivity contribution is 0.807. The molecule has 2 aromatic heterocycles. The molecule has 0 fully saturated rings. The van der Waals surface area contributed by atoms with Gasteiger partial charge in [0.05, 0.1) is 23.6 Å². The molecule has 0 saturated carbocycles. The molecule has 2 heterocycles. The van der Waals surface area contributed by atoms with E-state index in [4.69, 9.17) is 17.3 Å². The summed E-state index contributed by atoms with van der Waals surface area (Å²) in [6.07, 6.45) is 6.50. The smallest absolute Gasteiger partial charge is 0.250 e. The van der Waals surface area contributed by atoms with Crippen LogP contribution in [0.25, 0.3) is 5.95 Å². The highest BCUT2D eigenvalue weighted by atomic mass is 35.5. The van der Waals surface area contributed by atoms with Crippen LogP contribution in [-0.2, 0) is 6.54 Å². The summed E-state index contributed by atoms with van der Waals surface area (Å²) in [6.45, 7) is 0.452. The van der Waals surface area contributed by atoms with Crippen molar-refractivity contribution in [3.8, 4) is 5.95 Å². The standard InChI is InChI=1S/C8H8ClN5/c9-7-3-11-8(12-4-7)14-5-6(1-10)2-13-14/h2-5H,1,10H2. The third-order valence-corrected chi connectivity index (χ3v) is 1.88. The predicted octanol–water partition coefficient (Wildman–Crippen LogP) is 0.774. The van der Waals surface area contributed by atoms with Gasteiger partial charge in [-0.3, -0.25) is 0 Å². The van der Waals surface area contributed by atoms with Gasteiger partial charge < -0.3 is 5.73 Å². The molecular weight excluding hydrogens is 202 g/mol. The van der Waals surface area contributed by atoms with Crippen LogP contribution < -0.4 is 5.73 Å².